The van der Waals surface area contributed by atoms with Crippen molar-refractivity contribution in [3.05, 3.63) is 129 Å². The number of carbonyl (C=O) groups excluding carboxylic acids is 1. The SMILES string of the molecule is [C-]#[N+]C1C(C)=NC(COCCN)=C(C(=O)NCCC(c2ccccc2)c2ccccc2)C1c1cccc(Cl)c1. The number of nitrogens with two attached hydrogens (primary N) is 1. The van der Waals surface area contributed by atoms with Crippen LogP contribution in [0.15, 0.2) is 101 Å². The van der Waals surface area contributed by atoms with Gasteiger partial charge >= 0.3 is 0 Å². The predicted molar refractivity (Wildman–Crippen MR) is 157 cm³/mol. The van der Waals surface area contributed by atoms with Crippen molar-refractivity contribution in [3.63, 3.8) is 0 Å². The van der Waals surface area contributed by atoms with Crippen molar-refractivity contribution < 1.29 is 9.53 Å². The van der Waals surface area contributed by atoms with Crippen molar-refractivity contribution in [2.24, 2.45) is 10.7 Å². The average Bonchev–Trinajstić information content (AvgIpc) is 2.96. The molecule has 2 atom stereocenters. The summed E-state index contributed by atoms with van der Waals surface area (Å²) in [6.45, 7) is 11.0. The third kappa shape index (κ3) is 7.01. The number of aliphatic imine (C=N–C) groups is 1. The first-order chi connectivity index (χ1) is 19.0. The summed E-state index contributed by atoms with van der Waals surface area (Å²) in [6, 6.07) is 27.3. The van der Waals surface area contributed by atoms with E-state index in [0.717, 1.165) is 5.56 Å². The Morgan fingerprint density at radius 2 is 1.74 bits per heavy atom. The van der Waals surface area contributed by atoms with Gasteiger partial charge in [0.05, 0.1) is 36.1 Å². The molecule has 3 aromatic carbocycles. The van der Waals surface area contributed by atoms with Gasteiger partial charge in [0.25, 0.3) is 6.04 Å². The average molecular weight is 541 g/mol. The van der Waals surface area contributed by atoms with E-state index in [0.29, 0.717) is 48.1 Å². The number of rotatable bonds is 11. The summed E-state index contributed by atoms with van der Waals surface area (Å²) in [6.07, 6.45) is 0.711. The van der Waals surface area contributed by atoms with Crippen LogP contribution >= 0.6 is 11.6 Å². The number of ether oxygens (including phenoxy) is 1. The molecule has 1 aliphatic rings. The molecular weight excluding hydrogens is 508 g/mol. The Kier molecular flexibility index (Phi) is 10.0. The van der Waals surface area contributed by atoms with Crippen LogP contribution in [0.2, 0.25) is 5.02 Å². The van der Waals surface area contributed by atoms with Crippen LogP contribution in [0.3, 0.4) is 0 Å². The van der Waals surface area contributed by atoms with Crippen molar-refractivity contribution >= 4 is 23.2 Å². The highest BCUT2D eigenvalue weighted by molar-refractivity contribution is 6.30. The van der Waals surface area contributed by atoms with Crippen LogP contribution in [-0.4, -0.2) is 44.0 Å². The largest absolute Gasteiger partial charge is 0.374 e. The summed E-state index contributed by atoms with van der Waals surface area (Å²) in [5.41, 5.74) is 10.4. The third-order valence-corrected chi connectivity index (χ3v) is 7.13. The maximum Gasteiger partial charge on any atom is 0.272 e. The van der Waals surface area contributed by atoms with Crippen molar-refractivity contribution in [1.29, 1.82) is 0 Å². The van der Waals surface area contributed by atoms with E-state index in [1.54, 1.807) is 6.07 Å². The van der Waals surface area contributed by atoms with Gasteiger partial charge in [0.2, 0.25) is 5.91 Å². The fourth-order valence-corrected chi connectivity index (χ4v) is 5.29. The van der Waals surface area contributed by atoms with Gasteiger partial charge in [0.1, 0.15) is 0 Å². The summed E-state index contributed by atoms with van der Waals surface area (Å²) in [7, 11) is 0. The quantitative estimate of drug-likeness (QED) is 0.240. The first-order valence-corrected chi connectivity index (χ1v) is 13.5. The molecule has 0 fully saturated rings. The number of nitrogens with one attached hydrogen (secondary N) is 1. The maximum atomic E-state index is 13.9. The summed E-state index contributed by atoms with van der Waals surface area (Å²) in [5.74, 6) is -0.648. The molecule has 0 spiro atoms. The van der Waals surface area contributed by atoms with E-state index in [9.17, 15) is 4.79 Å². The first kappa shape index (κ1) is 28.3. The molecular formula is C32H33ClN4O2. The second-order valence-corrected chi connectivity index (χ2v) is 9.92. The van der Waals surface area contributed by atoms with Crippen LogP contribution in [0, 0.1) is 6.57 Å². The lowest BCUT2D eigenvalue weighted by Gasteiger charge is -2.28. The number of carbonyl (C=O) groups is 1. The molecule has 0 saturated carbocycles. The molecule has 39 heavy (non-hydrogen) atoms. The summed E-state index contributed by atoms with van der Waals surface area (Å²) in [5, 5.41) is 3.68. The lowest BCUT2D eigenvalue weighted by atomic mass is 9.79. The van der Waals surface area contributed by atoms with Crippen molar-refractivity contribution in [2.45, 2.75) is 31.2 Å². The molecule has 0 bridgehead atoms. The first-order valence-electron chi connectivity index (χ1n) is 13.1. The number of halogens is 1. The van der Waals surface area contributed by atoms with Gasteiger partial charge in [-0.15, -0.1) is 0 Å². The molecule has 7 heteroatoms. The summed E-state index contributed by atoms with van der Waals surface area (Å²) in [4.78, 5) is 22.4. The van der Waals surface area contributed by atoms with Crippen molar-refractivity contribution in [3.8, 4) is 0 Å². The molecule has 0 aliphatic carbocycles. The van der Waals surface area contributed by atoms with Gasteiger partial charge < -0.3 is 20.6 Å². The summed E-state index contributed by atoms with van der Waals surface area (Å²) < 4.78 is 5.71. The lowest BCUT2D eigenvalue weighted by molar-refractivity contribution is -0.117. The Labute approximate surface area is 235 Å². The number of hydrogen-bond acceptors (Lipinski definition) is 4. The van der Waals surface area contributed by atoms with Crippen LogP contribution in [-0.2, 0) is 9.53 Å². The molecule has 3 aromatic rings. The van der Waals surface area contributed by atoms with E-state index in [1.165, 1.54) is 11.1 Å². The van der Waals surface area contributed by atoms with Crippen molar-refractivity contribution in [2.75, 3.05) is 26.3 Å². The zero-order valence-corrected chi connectivity index (χ0v) is 22.8. The van der Waals surface area contributed by atoms with Gasteiger partial charge in [-0.25, -0.2) is 6.57 Å². The Hall–Kier alpha value is -3.76. The van der Waals surface area contributed by atoms with Gasteiger partial charge in [-0.2, -0.15) is 0 Å². The van der Waals surface area contributed by atoms with Crippen molar-refractivity contribution in [1.82, 2.24) is 5.32 Å². The maximum absolute atomic E-state index is 13.9. The van der Waals surface area contributed by atoms with E-state index in [2.05, 4.69) is 39.4 Å². The Morgan fingerprint density at radius 1 is 1.08 bits per heavy atom. The van der Waals surface area contributed by atoms with Gasteiger partial charge in [-0.05, 0) is 42.2 Å². The monoisotopic (exact) mass is 540 g/mol. The van der Waals surface area contributed by atoms with Gasteiger partial charge in [0.15, 0.2) is 0 Å². The molecule has 4 rings (SSSR count). The van der Waals surface area contributed by atoms with Crippen LogP contribution in [0.1, 0.15) is 41.9 Å². The molecule has 0 aromatic heterocycles. The van der Waals surface area contributed by atoms with Gasteiger partial charge in [-0.3, -0.25) is 9.79 Å². The molecule has 200 valence electrons. The van der Waals surface area contributed by atoms with E-state index in [1.807, 2.05) is 61.5 Å². The predicted octanol–water partition coefficient (Wildman–Crippen LogP) is 5.75. The Bertz CT molecular complexity index is 1330. The molecule has 1 aliphatic heterocycles. The summed E-state index contributed by atoms with van der Waals surface area (Å²) >= 11 is 6.33. The molecule has 1 heterocycles. The number of amides is 1. The number of benzene rings is 3. The Morgan fingerprint density at radius 3 is 2.33 bits per heavy atom. The van der Waals surface area contributed by atoms with Crippen LogP contribution in [0.4, 0.5) is 0 Å². The molecule has 1 amide bonds. The second-order valence-electron chi connectivity index (χ2n) is 9.48. The minimum Gasteiger partial charge on any atom is -0.374 e. The lowest BCUT2D eigenvalue weighted by Crippen LogP contribution is -2.38. The highest BCUT2D eigenvalue weighted by atomic mass is 35.5. The van der Waals surface area contributed by atoms with Gasteiger partial charge in [0, 0.05) is 24.0 Å². The van der Waals surface area contributed by atoms with Gasteiger partial charge in [-0.1, -0.05) is 84.4 Å². The van der Waals surface area contributed by atoms with Crippen LogP contribution < -0.4 is 11.1 Å². The fourth-order valence-electron chi connectivity index (χ4n) is 5.09. The van der Waals surface area contributed by atoms with E-state index >= 15 is 0 Å². The molecule has 0 radical (unpaired) electrons. The number of nitrogens with zero attached hydrogens (tertiary/aromatic N) is 2. The van der Waals surface area contributed by atoms with E-state index < -0.39 is 12.0 Å². The van der Waals surface area contributed by atoms with E-state index in [-0.39, 0.29) is 18.4 Å². The fraction of sp³-hybridized carbons (Fsp3) is 0.281. The molecule has 3 N–H and O–H groups in total. The zero-order chi connectivity index (χ0) is 27.6. The third-order valence-electron chi connectivity index (χ3n) is 6.89. The molecule has 6 nitrogen and oxygen atoms in total. The number of hydrogen-bond donors (Lipinski definition) is 2. The molecule has 2 unspecified atom stereocenters. The van der Waals surface area contributed by atoms with Crippen LogP contribution in [0.25, 0.3) is 4.85 Å². The smallest absolute Gasteiger partial charge is 0.272 e. The minimum absolute atomic E-state index is 0.125. The Balaban J connectivity index is 1.63. The van der Waals surface area contributed by atoms with Crippen LogP contribution in [0.5, 0.6) is 0 Å². The highest BCUT2D eigenvalue weighted by Gasteiger charge is 2.42. The standard InChI is InChI=1S/C32H33ClN4O2/c1-22-31(35-2)29(25-14-9-15-26(33)20-25)30(28(37-22)21-39-19-17-34)32(38)36-18-16-27(23-10-5-3-6-11-23)24-12-7-4-8-13-24/h3-15,20,27,29,31H,16-19,21,34H2,1H3,(H,36,38). The zero-order valence-electron chi connectivity index (χ0n) is 22.0. The minimum atomic E-state index is -0.621. The highest BCUT2D eigenvalue weighted by Crippen LogP contribution is 2.38. The normalized spacial score (nSPS) is 17.1. The second kappa shape index (κ2) is 13.9. The van der Waals surface area contributed by atoms with E-state index in [4.69, 9.17) is 28.6 Å². The topological polar surface area (TPSA) is 81.1 Å². The molecule has 0 saturated heterocycles.